The van der Waals surface area contributed by atoms with Gasteiger partial charge in [-0.25, -0.2) is 0 Å². The molecule has 3 heteroatoms. The Hall–Kier alpha value is -2.00. The van der Waals surface area contributed by atoms with Crippen molar-refractivity contribution in [2.75, 3.05) is 13.2 Å². The third-order valence-electron chi connectivity index (χ3n) is 3.32. The quantitative estimate of drug-likeness (QED) is 0.754. The molecule has 2 aromatic rings. The molecule has 0 aromatic heterocycles. The van der Waals surface area contributed by atoms with E-state index in [1.807, 2.05) is 36.4 Å². The minimum Gasteiger partial charge on any atom is -0.493 e. The van der Waals surface area contributed by atoms with E-state index in [0.717, 1.165) is 29.9 Å². The summed E-state index contributed by atoms with van der Waals surface area (Å²) in [6.45, 7) is 4.01. The van der Waals surface area contributed by atoms with E-state index in [-0.39, 0.29) is 0 Å². The average Bonchev–Trinajstić information content (AvgIpc) is 2.55. The lowest BCUT2D eigenvalue weighted by Gasteiger charge is -2.09. The van der Waals surface area contributed by atoms with Gasteiger partial charge >= 0.3 is 0 Å². The van der Waals surface area contributed by atoms with Crippen LogP contribution < -0.4 is 15.2 Å². The third kappa shape index (κ3) is 5.12. The fraction of sp³-hybridized carbons (Fsp3) is 0.333. The van der Waals surface area contributed by atoms with Crippen LogP contribution in [0.4, 0.5) is 0 Å². The Morgan fingerprint density at radius 1 is 0.762 bits per heavy atom. The average molecular weight is 285 g/mol. The summed E-state index contributed by atoms with van der Waals surface area (Å²) in [4.78, 5) is 0. The van der Waals surface area contributed by atoms with Crippen molar-refractivity contribution in [1.29, 1.82) is 0 Å². The van der Waals surface area contributed by atoms with Crippen LogP contribution >= 0.6 is 0 Å². The molecule has 0 saturated heterocycles. The number of ether oxygens (including phenoxy) is 2. The number of hydrogen-bond donors (Lipinski definition) is 1. The monoisotopic (exact) mass is 285 g/mol. The maximum Gasteiger partial charge on any atom is 0.119 e. The van der Waals surface area contributed by atoms with Gasteiger partial charge < -0.3 is 15.2 Å². The normalized spacial score (nSPS) is 10.4. The molecule has 0 amide bonds. The number of benzene rings is 2. The van der Waals surface area contributed by atoms with E-state index in [0.29, 0.717) is 19.8 Å². The third-order valence-corrected chi connectivity index (χ3v) is 3.32. The summed E-state index contributed by atoms with van der Waals surface area (Å²) in [5.74, 6) is 1.79. The number of rotatable bonds is 8. The van der Waals surface area contributed by atoms with Crippen molar-refractivity contribution >= 4 is 0 Å². The molecule has 0 spiro atoms. The Kier molecular flexibility index (Phi) is 6.10. The Labute approximate surface area is 126 Å². The zero-order valence-corrected chi connectivity index (χ0v) is 12.5. The lowest BCUT2D eigenvalue weighted by atomic mass is 10.2. The molecule has 112 valence electrons. The van der Waals surface area contributed by atoms with E-state index in [1.165, 1.54) is 5.56 Å². The summed E-state index contributed by atoms with van der Waals surface area (Å²) in [5, 5.41) is 0. The summed E-state index contributed by atoms with van der Waals surface area (Å²) in [7, 11) is 0. The topological polar surface area (TPSA) is 44.5 Å². The molecule has 0 radical (unpaired) electrons. The minimum absolute atomic E-state index is 0.560. The van der Waals surface area contributed by atoms with Crippen LogP contribution in [-0.4, -0.2) is 13.2 Å². The second kappa shape index (κ2) is 8.32. The second-order valence-electron chi connectivity index (χ2n) is 4.90. The van der Waals surface area contributed by atoms with Crippen LogP contribution in [0.25, 0.3) is 0 Å². The Bertz CT molecular complexity index is 470. The van der Waals surface area contributed by atoms with Gasteiger partial charge in [-0.3, -0.25) is 0 Å². The van der Waals surface area contributed by atoms with Gasteiger partial charge in [0.25, 0.3) is 0 Å². The van der Waals surface area contributed by atoms with Gasteiger partial charge in [-0.2, -0.15) is 0 Å². The highest BCUT2D eigenvalue weighted by Gasteiger charge is 1.97. The van der Waals surface area contributed by atoms with E-state index in [1.54, 1.807) is 0 Å². The molecule has 2 aromatic carbocycles. The number of nitrogens with two attached hydrogens (primary N) is 1. The maximum atomic E-state index is 5.68. The molecule has 0 unspecified atom stereocenters. The highest BCUT2D eigenvalue weighted by molar-refractivity contribution is 5.27. The van der Waals surface area contributed by atoms with Crippen molar-refractivity contribution in [3.63, 3.8) is 0 Å². The summed E-state index contributed by atoms with van der Waals surface area (Å²) >= 11 is 0. The van der Waals surface area contributed by atoms with Gasteiger partial charge in [-0.15, -0.1) is 0 Å². The summed E-state index contributed by atoms with van der Waals surface area (Å²) in [6, 6.07) is 16.1. The van der Waals surface area contributed by atoms with Crippen LogP contribution in [0, 0.1) is 0 Å². The predicted molar refractivity (Wildman–Crippen MR) is 85.8 cm³/mol. The maximum absolute atomic E-state index is 5.68. The second-order valence-corrected chi connectivity index (χ2v) is 4.90. The van der Waals surface area contributed by atoms with Crippen molar-refractivity contribution in [2.45, 2.75) is 26.3 Å². The van der Waals surface area contributed by atoms with E-state index >= 15 is 0 Å². The van der Waals surface area contributed by atoms with Gasteiger partial charge in [0.1, 0.15) is 11.5 Å². The Morgan fingerprint density at radius 3 is 1.67 bits per heavy atom. The molecule has 0 fully saturated rings. The smallest absolute Gasteiger partial charge is 0.119 e. The van der Waals surface area contributed by atoms with Crippen LogP contribution in [0.15, 0.2) is 48.5 Å². The fourth-order valence-electron chi connectivity index (χ4n) is 1.98. The Balaban J connectivity index is 1.64. The first-order chi connectivity index (χ1) is 10.3. The molecule has 0 aliphatic heterocycles. The highest BCUT2D eigenvalue weighted by atomic mass is 16.5. The zero-order chi connectivity index (χ0) is 14.9. The van der Waals surface area contributed by atoms with Gasteiger partial charge in [-0.05, 0) is 41.8 Å². The molecular formula is C18H23NO2. The van der Waals surface area contributed by atoms with Gasteiger partial charge in [0.05, 0.1) is 13.2 Å². The molecule has 3 nitrogen and oxygen atoms in total. The zero-order valence-electron chi connectivity index (χ0n) is 12.5. The number of aryl methyl sites for hydroxylation is 1. The Morgan fingerprint density at radius 2 is 1.24 bits per heavy atom. The van der Waals surface area contributed by atoms with Crippen LogP contribution in [0.5, 0.6) is 11.5 Å². The first-order valence-electron chi connectivity index (χ1n) is 7.45. The SMILES string of the molecule is CCc1ccc(OCCCOc2ccc(CN)cc2)cc1. The van der Waals surface area contributed by atoms with E-state index in [4.69, 9.17) is 15.2 Å². The molecule has 0 atom stereocenters. The molecule has 0 saturated carbocycles. The summed E-state index contributed by atoms with van der Waals surface area (Å²) in [6.07, 6.45) is 1.91. The molecule has 0 aliphatic carbocycles. The van der Waals surface area contributed by atoms with Gasteiger partial charge in [0, 0.05) is 13.0 Å². The number of hydrogen-bond acceptors (Lipinski definition) is 3. The van der Waals surface area contributed by atoms with Crippen LogP contribution in [-0.2, 0) is 13.0 Å². The van der Waals surface area contributed by atoms with Crippen molar-refractivity contribution in [1.82, 2.24) is 0 Å². The summed E-state index contributed by atoms with van der Waals surface area (Å²) in [5.41, 5.74) is 7.99. The van der Waals surface area contributed by atoms with Crippen LogP contribution in [0.3, 0.4) is 0 Å². The van der Waals surface area contributed by atoms with E-state index < -0.39 is 0 Å². The molecule has 0 aliphatic rings. The van der Waals surface area contributed by atoms with Gasteiger partial charge in [-0.1, -0.05) is 31.2 Å². The molecule has 2 rings (SSSR count). The molecule has 21 heavy (non-hydrogen) atoms. The first-order valence-corrected chi connectivity index (χ1v) is 7.45. The van der Waals surface area contributed by atoms with Crippen molar-refractivity contribution in [3.05, 3.63) is 59.7 Å². The first kappa shape index (κ1) is 15.4. The van der Waals surface area contributed by atoms with Gasteiger partial charge in [0.2, 0.25) is 0 Å². The van der Waals surface area contributed by atoms with Crippen LogP contribution in [0.1, 0.15) is 24.5 Å². The van der Waals surface area contributed by atoms with Crippen molar-refractivity contribution < 1.29 is 9.47 Å². The van der Waals surface area contributed by atoms with Gasteiger partial charge in [0.15, 0.2) is 0 Å². The molecule has 0 bridgehead atoms. The van der Waals surface area contributed by atoms with Crippen LogP contribution in [0.2, 0.25) is 0 Å². The lowest BCUT2D eigenvalue weighted by Crippen LogP contribution is -2.05. The fourth-order valence-corrected chi connectivity index (χ4v) is 1.98. The van der Waals surface area contributed by atoms with Crippen molar-refractivity contribution in [2.24, 2.45) is 5.73 Å². The van der Waals surface area contributed by atoms with Crippen molar-refractivity contribution in [3.8, 4) is 11.5 Å². The standard InChI is InChI=1S/C18H23NO2/c1-2-15-4-8-17(9-5-15)20-12-3-13-21-18-10-6-16(14-19)7-11-18/h4-11H,2-3,12-14,19H2,1H3. The largest absolute Gasteiger partial charge is 0.493 e. The predicted octanol–water partition coefficient (Wildman–Crippen LogP) is 3.56. The molecule has 0 heterocycles. The molecule has 2 N–H and O–H groups in total. The minimum atomic E-state index is 0.560. The lowest BCUT2D eigenvalue weighted by molar-refractivity contribution is 0.247. The van der Waals surface area contributed by atoms with E-state index in [9.17, 15) is 0 Å². The van der Waals surface area contributed by atoms with E-state index in [2.05, 4.69) is 19.1 Å². The molecular weight excluding hydrogens is 262 g/mol. The highest BCUT2D eigenvalue weighted by Crippen LogP contribution is 2.14. The summed E-state index contributed by atoms with van der Waals surface area (Å²) < 4.78 is 11.3.